The van der Waals surface area contributed by atoms with E-state index in [1.165, 1.54) is 18.3 Å². The third kappa shape index (κ3) is 5.99. The van der Waals surface area contributed by atoms with Crippen LogP contribution in [0.25, 0.3) is 0 Å². The maximum atomic E-state index is 13.1. The molecule has 2 N–H and O–H groups in total. The lowest BCUT2D eigenvalue weighted by Crippen LogP contribution is -2.41. The van der Waals surface area contributed by atoms with E-state index in [9.17, 15) is 9.18 Å². The first-order valence-corrected chi connectivity index (χ1v) is 7.85. The van der Waals surface area contributed by atoms with Gasteiger partial charge in [-0.2, -0.15) is 5.26 Å². The van der Waals surface area contributed by atoms with E-state index in [0.29, 0.717) is 26.3 Å². The fourth-order valence-electron chi connectivity index (χ4n) is 2.31. The van der Waals surface area contributed by atoms with E-state index >= 15 is 0 Å². The first-order chi connectivity index (χ1) is 11.7. The fourth-order valence-corrected chi connectivity index (χ4v) is 2.31. The van der Waals surface area contributed by atoms with Crippen LogP contribution in [0.3, 0.4) is 0 Å². The van der Waals surface area contributed by atoms with Gasteiger partial charge in [0.2, 0.25) is 0 Å². The lowest BCUT2D eigenvalue weighted by atomic mass is 10.2. The van der Waals surface area contributed by atoms with Crippen molar-refractivity contribution in [3.63, 3.8) is 0 Å². The minimum absolute atomic E-state index is 0.00613. The molecule has 0 spiro atoms. The number of halogens is 1. The third-order valence-corrected chi connectivity index (χ3v) is 3.62. The minimum Gasteiger partial charge on any atom is -0.386 e. The molecule has 1 aromatic carbocycles. The maximum Gasteiger partial charge on any atom is 0.263 e. The zero-order valence-electron chi connectivity index (χ0n) is 13.4. The van der Waals surface area contributed by atoms with E-state index in [0.717, 1.165) is 25.2 Å². The molecular formula is C17H21FN4O2. The number of nitrogens with zero attached hydrogens (tertiary/aromatic N) is 2. The van der Waals surface area contributed by atoms with Crippen LogP contribution in [0.5, 0.6) is 0 Å². The van der Waals surface area contributed by atoms with Crippen LogP contribution in [-0.4, -0.2) is 50.2 Å². The van der Waals surface area contributed by atoms with Crippen molar-refractivity contribution in [2.45, 2.75) is 6.54 Å². The Morgan fingerprint density at radius 3 is 2.92 bits per heavy atom. The van der Waals surface area contributed by atoms with Crippen LogP contribution in [0.1, 0.15) is 5.56 Å². The zero-order valence-corrected chi connectivity index (χ0v) is 13.4. The number of morpholine rings is 1. The number of hydrogen-bond acceptors (Lipinski definition) is 5. The highest BCUT2D eigenvalue weighted by molar-refractivity contribution is 5.97. The summed E-state index contributed by atoms with van der Waals surface area (Å²) in [4.78, 5) is 14.2. The molecule has 0 radical (unpaired) electrons. The minimum atomic E-state index is -0.419. The molecule has 0 aromatic heterocycles. The molecule has 2 rings (SSSR count). The highest BCUT2D eigenvalue weighted by Gasteiger charge is 2.12. The standard InChI is InChI=1S/C17H21FN4O2/c18-16-3-1-2-14(10-16)12-20-13-15(11-19)17(23)21-4-5-22-6-8-24-9-7-22/h1-3,10,13,20H,4-9,12H2,(H,21,23)/b15-13-. The van der Waals surface area contributed by atoms with E-state index in [1.54, 1.807) is 12.1 Å². The van der Waals surface area contributed by atoms with Gasteiger partial charge in [0.25, 0.3) is 5.91 Å². The van der Waals surface area contributed by atoms with Crippen LogP contribution in [0.4, 0.5) is 4.39 Å². The number of carbonyl (C=O) groups excluding carboxylic acids is 1. The number of nitriles is 1. The summed E-state index contributed by atoms with van der Waals surface area (Å²) in [6, 6.07) is 8.00. The van der Waals surface area contributed by atoms with Crippen molar-refractivity contribution < 1.29 is 13.9 Å². The molecule has 0 atom stereocenters. The van der Waals surface area contributed by atoms with Gasteiger partial charge in [0.05, 0.1) is 13.2 Å². The summed E-state index contributed by atoms with van der Waals surface area (Å²) in [5, 5.41) is 14.7. The molecular weight excluding hydrogens is 311 g/mol. The van der Waals surface area contributed by atoms with Crippen molar-refractivity contribution in [2.24, 2.45) is 0 Å². The summed E-state index contributed by atoms with van der Waals surface area (Å²) in [7, 11) is 0. The normalized spacial score (nSPS) is 15.6. The predicted octanol–water partition coefficient (Wildman–Crippen LogP) is 0.771. The number of nitrogens with one attached hydrogen (secondary N) is 2. The molecule has 0 saturated carbocycles. The molecule has 0 bridgehead atoms. The summed E-state index contributed by atoms with van der Waals surface area (Å²) in [6.45, 7) is 4.66. The van der Waals surface area contributed by atoms with E-state index in [1.807, 2.05) is 6.07 Å². The molecule has 0 aliphatic carbocycles. The molecule has 1 amide bonds. The lowest BCUT2D eigenvalue weighted by molar-refractivity contribution is -0.117. The highest BCUT2D eigenvalue weighted by Crippen LogP contribution is 2.03. The van der Waals surface area contributed by atoms with Gasteiger partial charge in [-0.15, -0.1) is 0 Å². The van der Waals surface area contributed by atoms with Gasteiger partial charge >= 0.3 is 0 Å². The van der Waals surface area contributed by atoms with Gasteiger partial charge in [0, 0.05) is 38.9 Å². The summed E-state index contributed by atoms with van der Waals surface area (Å²) in [5.74, 6) is -0.739. The summed E-state index contributed by atoms with van der Waals surface area (Å²) >= 11 is 0. The Morgan fingerprint density at radius 2 is 2.21 bits per heavy atom. The van der Waals surface area contributed by atoms with Crippen molar-refractivity contribution in [1.82, 2.24) is 15.5 Å². The van der Waals surface area contributed by atoms with Gasteiger partial charge in [-0.3, -0.25) is 9.69 Å². The average Bonchev–Trinajstić information content (AvgIpc) is 2.59. The van der Waals surface area contributed by atoms with Crippen LogP contribution in [-0.2, 0) is 16.1 Å². The van der Waals surface area contributed by atoms with E-state index < -0.39 is 5.91 Å². The van der Waals surface area contributed by atoms with E-state index in [2.05, 4.69) is 15.5 Å². The Labute approximate surface area is 140 Å². The second-order valence-electron chi connectivity index (χ2n) is 5.39. The fraction of sp³-hybridized carbons (Fsp3) is 0.412. The monoisotopic (exact) mass is 332 g/mol. The van der Waals surface area contributed by atoms with E-state index in [-0.39, 0.29) is 11.4 Å². The van der Waals surface area contributed by atoms with E-state index in [4.69, 9.17) is 10.00 Å². The summed E-state index contributed by atoms with van der Waals surface area (Å²) < 4.78 is 18.3. The Bertz CT molecular complexity index is 621. The quantitative estimate of drug-likeness (QED) is 0.570. The molecule has 24 heavy (non-hydrogen) atoms. The molecule has 1 aromatic rings. The topological polar surface area (TPSA) is 77.4 Å². The second-order valence-corrected chi connectivity index (χ2v) is 5.39. The molecule has 7 heteroatoms. The Hall–Kier alpha value is -2.43. The van der Waals surface area contributed by atoms with Crippen LogP contribution in [0, 0.1) is 17.1 Å². The summed E-state index contributed by atoms with van der Waals surface area (Å²) in [5.41, 5.74) is 0.727. The highest BCUT2D eigenvalue weighted by atomic mass is 19.1. The predicted molar refractivity (Wildman–Crippen MR) is 87.2 cm³/mol. The SMILES string of the molecule is N#C/C(=C/NCc1cccc(F)c1)C(=O)NCCN1CCOCC1. The number of carbonyl (C=O) groups is 1. The first kappa shape index (κ1) is 17.9. The van der Waals surface area contributed by atoms with Crippen molar-refractivity contribution in [3.8, 4) is 6.07 Å². The van der Waals surface area contributed by atoms with Gasteiger partial charge < -0.3 is 15.4 Å². The van der Waals surface area contributed by atoms with Crippen LogP contribution >= 0.6 is 0 Å². The number of benzene rings is 1. The van der Waals surface area contributed by atoms with Crippen molar-refractivity contribution in [2.75, 3.05) is 39.4 Å². The molecule has 128 valence electrons. The maximum absolute atomic E-state index is 13.1. The Balaban J connectivity index is 1.74. The summed E-state index contributed by atoms with van der Waals surface area (Å²) in [6.07, 6.45) is 1.36. The van der Waals surface area contributed by atoms with Gasteiger partial charge in [-0.05, 0) is 17.7 Å². The first-order valence-electron chi connectivity index (χ1n) is 7.85. The Morgan fingerprint density at radius 1 is 1.42 bits per heavy atom. The molecule has 1 saturated heterocycles. The molecule has 1 aliphatic heterocycles. The van der Waals surface area contributed by atoms with Crippen LogP contribution < -0.4 is 10.6 Å². The molecule has 1 heterocycles. The molecule has 0 unspecified atom stereocenters. The second kappa shape index (κ2) is 9.65. The Kier molecular flexibility index (Phi) is 7.21. The molecule has 1 aliphatic rings. The molecule has 6 nitrogen and oxygen atoms in total. The van der Waals surface area contributed by atoms with Gasteiger partial charge in [-0.25, -0.2) is 4.39 Å². The van der Waals surface area contributed by atoms with Crippen molar-refractivity contribution >= 4 is 5.91 Å². The third-order valence-electron chi connectivity index (χ3n) is 3.62. The average molecular weight is 332 g/mol. The van der Waals surface area contributed by atoms with Crippen molar-refractivity contribution in [3.05, 3.63) is 47.4 Å². The van der Waals surface area contributed by atoms with Crippen LogP contribution in [0.15, 0.2) is 36.0 Å². The van der Waals surface area contributed by atoms with Gasteiger partial charge in [0.15, 0.2) is 0 Å². The number of ether oxygens (including phenoxy) is 1. The number of hydrogen-bond donors (Lipinski definition) is 2. The largest absolute Gasteiger partial charge is 0.386 e. The van der Waals surface area contributed by atoms with Crippen molar-refractivity contribution in [1.29, 1.82) is 5.26 Å². The van der Waals surface area contributed by atoms with Gasteiger partial charge in [-0.1, -0.05) is 12.1 Å². The zero-order chi connectivity index (χ0) is 17.2. The van der Waals surface area contributed by atoms with Gasteiger partial charge in [0.1, 0.15) is 17.5 Å². The lowest BCUT2D eigenvalue weighted by Gasteiger charge is -2.26. The number of amides is 1. The molecule has 1 fully saturated rings. The van der Waals surface area contributed by atoms with Crippen LogP contribution in [0.2, 0.25) is 0 Å². The number of rotatable bonds is 7. The smallest absolute Gasteiger partial charge is 0.263 e.